The van der Waals surface area contributed by atoms with E-state index in [2.05, 4.69) is 14.6 Å². The summed E-state index contributed by atoms with van der Waals surface area (Å²) in [5.41, 5.74) is 1.68. The van der Waals surface area contributed by atoms with Crippen LogP contribution in [0.3, 0.4) is 0 Å². The van der Waals surface area contributed by atoms with Crippen molar-refractivity contribution in [1.29, 1.82) is 0 Å². The fraction of sp³-hybridized carbons (Fsp3) is 0.409. The zero-order valence-corrected chi connectivity index (χ0v) is 19.0. The number of nitrogens with zero attached hydrogens (tertiary/aromatic N) is 4. The van der Waals surface area contributed by atoms with Crippen LogP contribution in [0.5, 0.6) is 11.5 Å². The van der Waals surface area contributed by atoms with Gasteiger partial charge in [0.15, 0.2) is 17.3 Å². The molecular formula is C22H27N5O4S. The molecule has 0 radical (unpaired) electrons. The van der Waals surface area contributed by atoms with Crippen molar-refractivity contribution in [3.05, 3.63) is 36.7 Å². The molecule has 10 heteroatoms. The maximum absolute atomic E-state index is 10.7. The lowest BCUT2D eigenvalue weighted by Gasteiger charge is -2.33. The molecule has 1 fully saturated rings. The number of thiol groups is 1. The second kappa shape index (κ2) is 10.1. The first kappa shape index (κ1) is 22.2. The molecule has 1 aliphatic rings. The summed E-state index contributed by atoms with van der Waals surface area (Å²) in [6.45, 7) is 2.16. The van der Waals surface area contributed by atoms with E-state index in [4.69, 9.17) is 19.4 Å². The lowest BCUT2D eigenvalue weighted by molar-refractivity contribution is 0.355. The van der Waals surface area contributed by atoms with Crippen LogP contribution >= 0.6 is 0 Å². The molecule has 0 saturated carbocycles. The number of pyridine rings is 1. The van der Waals surface area contributed by atoms with Crippen molar-refractivity contribution < 1.29 is 17.9 Å². The Morgan fingerprint density at radius 2 is 1.75 bits per heavy atom. The zero-order valence-electron chi connectivity index (χ0n) is 18.2. The zero-order chi connectivity index (χ0) is 22.5. The van der Waals surface area contributed by atoms with E-state index in [1.165, 1.54) is 0 Å². The minimum Gasteiger partial charge on any atom is -0.493 e. The third-order valence-corrected chi connectivity index (χ3v) is 6.31. The predicted molar refractivity (Wildman–Crippen MR) is 124 cm³/mol. The number of aromatic nitrogens is 3. The van der Waals surface area contributed by atoms with E-state index >= 15 is 0 Å². The summed E-state index contributed by atoms with van der Waals surface area (Å²) in [7, 11) is 0.694. The molecule has 1 N–H and O–H groups in total. The summed E-state index contributed by atoms with van der Waals surface area (Å²) in [5, 5.41) is 0.906. The molecule has 4 rings (SSSR count). The highest BCUT2D eigenvalue weighted by Crippen LogP contribution is 2.37. The van der Waals surface area contributed by atoms with Crippen molar-refractivity contribution in [2.75, 3.05) is 38.8 Å². The van der Waals surface area contributed by atoms with E-state index in [1.807, 2.05) is 24.3 Å². The number of hydrogen-bond donors (Lipinski definition) is 2. The van der Waals surface area contributed by atoms with Gasteiger partial charge < -0.3 is 14.4 Å². The van der Waals surface area contributed by atoms with Gasteiger partial charge >= 0.3 is 0 Å². The first-order chi connectivity index (χ1) is 15.6. The van der Waals surface area contributed by atoms with Crippen molar-refractivity contribution in [3.63, 3.8) is 0 Å². The van der Waals surface area contributed by atoms with Crippen LogP contribution in [0.1, 0.15) is 19.3 Å². The minimum absolute atomic E-state index is 0.482. The lowest BCUT2D eigenvalue weighted by Crippen LogP contribution is -2.35. The van der Waals surface area contributed by atoms with Gasteiger partial charge in [-0.15, -0.1) is 0 Å². The number of fused-ring (bicyclic) bond motifs is 1. The Morgan fingerprint density at radius 3 is 2.41 bits per heavy atom. The fourth-order valence-electron chi connectivity index (χ4n) is 4.10. The van der Waals surface area contributed by atoms with Gasteiger partial charge in [-0.3, -0.25) is 4.98 Å². The number of nitrogens with one attached hydrogen (secondary N) is 1. The van der Waals surface area contributed by atoms with E-state index in [1.54, 1.807) is 26.6 Å². The summed E-state index contributed by atoms with van der Waals surface area (Å²) in [4.78, 5) is 16.1. The van der Waals surface area contributed by atoms with Gasteiger partial charge in [-0.05, 0) is 43.4 Å². The number of benzene rings is 1. The topological polar surface area (TPSA) is 107 Å². The summed E-state index contributed by atoms with van der Waals surface area (Å²) >= 11 is 0. The van der Waals surface area contributed by atoms with Gasteiger partial charge in [0, 0.05) is 49.0 Å². The highest BCUT2D eigenvalue weighted by atomic mass is 32.2. The first-order valence-corrected chi connectivity index (χ1v) is 11.7. The van der Waals surface area contributed by atoms with Crippen LogP contribution < -0.4 is 19.1 Å². The van der Waals surface area contributed by atoms with E-state index in [-0.39, 0.29) is 0 Å². The molecule has 0 spiro atoms. The van der Waals surface area contributed by atoms with Gasteiger partial charge in [-0.25, -0.2) is 23.1 Å². The molecule has 0 unspecified atom stereocenters. The molecule has 1 aromatic carbocycles. The average Bonchev–Trinajstić information content (AvgIpc) is 2.83. The summed E-state index contributed by atoms with van der Waals surface area (Å²) in [6.07, 6.45) is 6.25. The van der Waals surface area contributed by atoms with Crippen LogP contribution in [0, 0.1) is 5.92 Å². The normalized spacial score (nSPS) is 14.8. The number of rotatable bonds is 8. The Bertz CT molecular complexity index is 1140. The number of piperidine rings is 1. The van der Waals surface area contributed by atoms with Crippen molar-refractivity contribution in [2.24, 2.45) is 5.92 Å². The molecule has 1 saturated heterocycles. The van der Waals surface area contributed by atoms with Crippen LogP contribution in [0.2, 0.25) is 0 Å². The molecule has 2 aromatic heterocycles. The van der Waals surface area contributed by atoms with Gasteiger partial charge in [0.2, 0.25) is 10.9 Å². The number of methoxy groups -OCH3 is 2. The summed E-state index contributed by atoms with van der Waals surface area (Å²) in [5.74, 6) is 3.23. The van der Waals surface area contributed by atoms with Crippen LogP contribution in [0.25, 0.3) is 22.3 Å². The van der Waals surface area contributed by atoms with Crippen molar-refractivity contribution in [2.45, 2.75) is 19.3 Å². The molecule has 3 heterocycles. The van der Waals surface area contributed by atoms with Gasteiger partial charge in [-0.1, -0.05) is 0 Å². The van der Waals surface area contributed by atoms with Gasteiger partial charge in [-0.2, -0.15) is 0 Å². The molecule has 0 atom stereocenters. The molecule has 9 nitrogen and oxygen atoms in total. The second-order valence-corrected chi connectivity index (χ2v) is 8.55. The maximum Gasteiger partial charge on any atom is 0.201 e. The first-order valence-electron chi connectivity index (χ1n) is 10.6. The molecule has 1 aliphatic heterocycles. The third-order valence-electron chi connectivity index (χ3n) is 5.83. The molecule has 170 valence electrons. The van der Waals surface area contributed by atoms with Crippen LogP contribution in [-0.4, -0.2) is 57.2 Å². The highest BCUT2D eigenvalue weighted by Gasteiger charge is 2.23. The molecule has 0 aliphatic carbocycles. The van der Waals surface area contributed by atoms with E-state index in [0.717, 1.165) is 54.6 Å². The minimum atomic E-state index is -2.53. The van der Waals surface area contributed by atoms with Crippen molar-refractivity contribution >= 4 is 27.6 Å². The van der Waals surface area contributed by atoms with Gasteiger partial charge in [0.1, 0.15) is 5.82 Å². The largest absolute Gasteiger partial charge is 0.493 e. The number of hydrogen-bond acceptors (Lipinski definition) is 8. The predicted octanol–water partition coefficient (Wildman–Crippen LogP) is 2.43. The Hall–Kier alpha value is -2.98. The molecule has 32 heavy (non-hydrogen) atoms. The standard InChI is InChI=1S/C22H27N5O4S/c1-30-19-13-17-18(14-20(19)31-2)25-21(16-4-8-23-9-5-16)26-22(17)27-11-6-15(7-12-27)3-10-24-32(28)29/h4-5,8-9,13-15,32H,3,6-7,10-12H2,1-2H3,(H,24,28,29). The van der Waals surface area contributed by atoms with Gasteiger partial charge in [0.25, 0.3) is 0 Å². The Balaban J connectivity index is 1.67. The fourth-order valence-corrected chi connectivity index (χ4v) is 4.42. The number of anilines is 1. The SMILES string of the molecule is COc1cc2nc(-c3ccncc3)nc(N3CCC(CCN[SH](=O)=O)CC3)c2cc1OC. The van der Waals surface area contributed by atoms with Crippen molar-refractivity contribution in [1.82, 2.24) is 19.7 Å². The Kier molecular flexibility index (Phi) is 7.01. The van der Waals surface area contributed by atoms with E-state index in [9.17, 15) is 8.42 Å². The van der Waals surface area contributed by atoms with Crippen LogP contribution in [0.15, 0.2) is 36.7 Å². The summed E-state index contributed by atoms with van der Waals surface area (Å²) < 4.78 is 35.0. The highest BCUT2D eigenvalue weighted by molar-refractivity contribution is 7.70. The maximum atomic E-state index is 10.7. The lowest BCUT2D eigenvalue weighted by atomic mass is 9.93. The molecule has 0 amide bonds. The van der Waals surface area contributed by atoms with E-state index in [0.29, 0.717) is 29.8 Å². The Morgan fingerprint density at radius 1 is 1.06 bits per heavy atom. The monoisotopic (exact) mass is 457 g/mol. The van der Waals surface area contributed by atoms with Crippen molar-refractivity contribution in [3.8, 4) is 22.9 Å². The van der Waals surface area contributed by atoms with Gasteiger partial charge in [0.05, 0.1) is 19.7 Å². The number of ether oxygens (including phenoxy) is 2. The van der Waals surface area contributed by atoms with Crippen LogP contribution in [0.4, 0.5) is 5.82 Å². The molecule has 0 bridgehead atoms. The third kappa shape index (κ3) is 4.91. The average molecular weight is 458 g/mol. The Labute approximate surface area is 188 Å². The molecule has 3 aromatic rings. The summed E-state index contributed by atoms with van der Waals surface area (Å²) in [6, 6.07) is 7.60. The van der Waals surface area contributed by atoms with E-state index < -0.39 is 10.9 Å². The van der Waals surface area contributed by atoms with Crippen LogP contribution in [-0.2, 0) is 10.9 Å². The smallest absolute Gasteiger partial charge is 0.201 e. The quantitative estimate of drug-likeness (QED) is 0.497. The molecular weight excluding hydrogens is 430 g/mol. The second-order valence-electron chi connectivity index (χ2n) is 7.72.